The number of thiazole rings is 1. The van der Waals surface area contributed by atoms with Crippen LogP contribution in [0.25, 0.3) is 0 Å². The largest absolute Gasteiger partial charge is 0.386 e. The molecule has 23 heavy (non-hydrogen) atoms. The Hall–Kier alpha value is -2.06. The van der Waals surface area contributed by atoms with Crippen molar-refractivity contribution in [2.45, 2.75) is 25.4 Å². The zero-order valence-electron chi connectivity index (χ0n) is 12.9. The molecule has 0 aliphatic carbocycles. The molecule has 0 unspecified atom stereocenters. The van der Waals surface area contributed by atoms with Crippen LogP contribution in [0.2, 0.25) is 0 Å². The number of hydrogen-bond acceptors (Lipinski definition) is 7. The number of hydrogen-bond donors (Lipinski definition) is 2. The van der Waals surface area contributed by atoms with Gasteiger partial charge in [-0.15, -0.1) is 11.3 Å². The summed E-state index contributed by atoms with van der Waals surface area (Å²) in [6.45, 7) is 3.21. The second kappa shape index (κ2) is 6.59. The van der Waals surface area contributed by atoms with E-state index in [1.807, 2.05) is 17.2 Å². The zero-order valence-corrected chi connectivity index (χ0v) is 13.7. The Labute approximate surface area is 138 Å². The number of amides is 1. The third kappa shape index (κ3) is 4.02. The van der Waals surface area contributed by atoms with Gasteiger partial charge in [-0.05, 0) is 19.4 Å². The average molecular weight is 333 g/mol. The van der Waals surface area contributed by atoms with E-state index in [4.69, 9.17) is 0 Å². The number of nitrogens with zero attached hydrogens (tertiary/aromatic N) is 4. The molecule has 1 fully saturated rings. The highest BCUT2D eigenvalue weighted by Gasteiger charge is 2.37. The Bertz CT molecular complexity index is 678. The maximum Gasteiger partial charge on any atom is 0.226 e. The van der Waals surface area contributed by atoms with Crippen molar-refractivity contribution in [3.8, 4) is 0 Å². The molecule has 2 aromatic rings. The van der Waals surface area contributed by atoms with Crippen molar-refractivity contribution in [2.75, 3.05) is 24.5 Å². The molecule has 2 N–H and O–H groups in total. The number of carbonyl (C=O) groups is 1. The molecule has 0 saturated carbocycles. The number of carbonyl (C=O) groups excluding carboxylic acids is 1. The SMILES string of the molecule is Cc1nc(CC(=O)NC[C@@]2(O)CCN(c3ncccn3)C2)cs1. The molecule has 0 radical (unpaired) electrons. The Kier molecular flexibility index (Phi) is 4.53. The summed E-state index contributed by atoms with van der Waals surface area (Å²) in [5, 5.41) is 16.2. The molecule has 122 valence electrons. The first kappa shape index (κ1) is 15.8. The molecule has 1 saturated heterocycles. The Morgan fingerprint density at radius 1 is 1.48 bits per heavy atom. The van der Waals surface area contributed by atoms with Crippen molar-refractivity contribution >= 4 is 23.2 Å². The van der Waals surface area contributed by atoms with Gasteiger partial charge in [-0.2, -0.15) is 0 Å². The molecule has 0 aromatic carbocycles. The molecule has 1 aliphatic rings. The Morgan fingerprint density at radius 2 is 2.26 bits per heavy atom. The van der Waals surface area contributed by atoms with Crippen molar-refractivity contribution < 1.29 is 9.90 Å². The van der Waals surface area contributed by atoms with Crippen molar-refractivity contribution in [1.82, 2.24) is 20.3 Å². The van der Waals surface area contributed by atoms with Crippen molar-refractivity contribution in [1.29, 1.82) is 0 Å². The highest BCUT2D eigenvalue weighted by atomic mass is 32.1. The van der Waals surface area contributed by atoms with E-state index >= 15 is 0 Å². The number of aliphatic hydroxyl groups is 1. The van der Waals surface area contributed by atoms with Gasteiger partial charge in [-0.25, -0.2) is 15.0 Å². The molecule has 8 heteroatoms. The van der Waals surface area contributed by atoms with E-state index in [9.17, 15) is 9.90 Å². The predicted molar refractivity (Wildman–Crippen MR) is 87.4 cm³/mol. The smallest absolute Gasteiger partial charge is 0.226 e. The molecule has 3 heterocycles. The van der Waals surface area contributed by atoms with Crippen LogP contribution in [0.1, 0.15) is 17.1 Å². The lowest BCUT2D eigenvalue weighted by molar-refractivity contribution is -0.121. The van der Waals surface area contributed by atoms with Gasteiger partial charge < -0.3 is 15.3 Å². The van der Waals surface area contributed by atoms with Crippen LogP contribution in [0, 0.1) is 6.92 Å². The quantitative estimate of drug-likeness (QED) is 0.830. The van der Waals surface area contributed by atoms with Gasteiger partial charge >= 0.3 is 0 Å². The minimum absolute atomic E-state index is 0.127. The molecule has 2 aromatic heterocycles. The molecule has 0 spiro atoms. The van der Waals surface area contributed by atoms with E-state index in [0.717, 1.165) is 10.7 Å². The fourth-order valence-corrected chi connectivity index (χ4v) is 3.22. The molecule has 7 nitrogen and oxygen atoms in total. The van der Waals surface area contributed by atoms with Crippen LogP contribution in [0.3, 0.4) is 0 Å². The molecule has 1 aliphatic heterocycles. The number of β-amino-alcohol motifs (C(OH)–C–C–N with tert-alkyl or cyclic N) is 1. The van der Waals surface area contributed by atoms with Gasteiger partial charge in [0.15, 0.2) is 0 Å². The van der Waals surface area contributed by atoms with Crippen LogP contribution in [0.15, 0.2) is 23.8 Å². The van der Waals surface area contributed by atoms with Crippen molar-refractivity contribution in [3.05, 3.63) is 34.5 Å². The fraction of sp³-hybridized carbons (Fsp3) is 0.467. The molecule has 1 atom stereocenters. The third-order valence-corrected chi connectivity index (χ3v) is 4.61. The number of nitrogens with one attached hydrogen (secondary N) is 1. The predicted octanol–water partition coefficient (Wildman–Crippen LogP) is 0.542. The van der Waals surface area contributed by atoms with Crippen molar-refractivity contribution in [3.63, 3.8) is 0 Å². The van der Waals surface area contributed by atoms with Gasteiger partial charge in [0, 0.05) is 30.9 Å². The maximum absolute atomic E-state index is 12.0. The van der Waals surface area contributed by atoms with Crippen LogP contribution < -0.4 is 10.2 Å². The van der Waals surface area contributed by atoms with Gasteiger partial charge in [0.2, 0.25) is 11.9 Å². The van der Waals surface area contributed by atoms with Gasteiger partial charge in [0.05, 0.1) is 23.7 Å². The molecular weight excluding hydrogens is 314 g/mol. The standard InChI is InChI=1S/C15H19N5O2S/c1-11-19-12(8-23-11)7-13(21)18-9-15(22)3-6-20(10-15)14-16-4-2-5-17-14/h2,4-5,8,22H,3,6-7,9-10H2,1H3,(H,18,21)/t15-/m0/s1. The van der Waals surface area contributed by atoms with Gasteiger partial charge in [0.25, 0.3) is 0 Å². The minimum Gasteiger partial charge on any atom is -0.386 e. The van der Waals surface area contributed by atoms with E-state index in [1.54, 1.807) is 18.5 Å². The fourth-order valence-electron chi connectivity index (χ4n) is 2.61. The summed E-state index contributed by atoms with van der Waals surface area (Å²) in [5.41, 5.74) is -0.185. The first-order chi connectivity index (χ1) is 11.0. The summed E-state index contributed by atoms with van der Waals surface area (Å²) >= 11 is 1.53. The van der Waals surface area contributed by atoms with E-state index in [0.29, 0.717) is 25.5 Å². The zero-order chi connectivity index (χ0) is 16.3. The number of aryl methyl sites for hydroxylation is 1. The van der Waals surface area contributed by atoms with Crippen LogP contribution >= 0.6 is 11.3 Å². The first-order valence-corrected chi connectivity index (χ1v) is 8.34. The second-order valence-corrected chi connectivity index (χ2v) is 6.82. The summed E-state index contributed by atoms with van der Waals surface area (Å²) in [5.74, 6) is 0.478. The summed E-state index contributed by atoms with van der Waals surface area (Å²) in [7, 11) is 0. The van der Waals surface area contributed by atoms with Crippen LogP contribution in [-0.2, 0) is 11.2 Å². The van der Waals surface area contributed by atoms with E-state index in [-0.39, 0.29) is 18.9 Å². The lowest BCUT2D eigenvalue weighted by atomic mass is 10.0. The lowest BCUT2D eigenvalue weighted by Gasteiger charge is -2.23. The summed E-state index contributed by atoms with van der Waals surface area (Å²) in [6.07, 6.45) is 4.17. The summed E-state index contributed by atoms with van der Waals surface area (Å²) in [4.78, 5) is 26.6. The topological polar surface area (TPSA) is 91.2 Å². The maximum atomic E-state index is 12.0. The minimum atomic E-state index is -0.952. The van der Waals surface area contributed by atoms with Crippen molar-refractivity contribution in [2.24, 2.45) is 0 Å². The van der Waals surface area contributed by atoms with Crippen LogP contribution in [-0.4, -0.2) is 51.2 Å². The Morgan fingerprint density at radius 3 is 2.96 bits per heavy atom. The monoisotopic (exact) mass is 333 g/mol. The van der Waals surface area contributed by atoms with Gasteiger partial charge in [0.1, 0.15) is 5.60 Å². The number of rotatable bonds is 5. The van der Waals surface area contributed by atoms with Gasteiger partial charge in [-0.3, -0.25) is 4.79 Å². The van der Waals surface area contributed by atoms with E-state index in [2.05, 4.69) is 20.3 Å². The number of anilines is 1. The highest BCUT2D eigenvalue weighted by Crippen LogP contribution is 2.23. The van der Waals surface area contributed by atoms with Gasteiger partial charge in [-0.1, -0.05) is 0 Å². The molecular formula is C15H19N5O2S. The molecule has 3 rings (SSSR count). The normalized spacial score (nSPS) is 20.7. The summed E-state index contributed by atoms with van der Waals surface area (Å²) in [6, 6.07) is 1.76. The molecule has 1 amide bonds. The first-order valence-electron chi connectivity index (χ1n) is 7.46. The second-order valence-electron chi connectivity index (χ2n) is 5.76. The average Bonchev–Trinajstić information content (AvgIpc) is 3.13. The summed E-state index contributed by atoms with van der Waals surface area (Å²) < 4.78 is 0. The van der Waals surface area contributed by atoms with E-state index in [1.165, 1.54) is 11.3 Å². The lowest BCUT2D eigenvalue weighted by Crippen LogP contribution is -2.45. The third-order valence-electron chi connectivity index (χ3n) is 3.79. The number of aromatic nitrogens is 3. The molecule has 0 bridgehead atoms. The van der Waals surface area contributed by atoms with Crippen LogP contribution in [0.4, 0.5) is 5.95 Å². The Balaban J connectivity index is 1.51. The van der Waals surface area contributed by atoms with Crippen LogP contribution in [0.5, 0.6) is 0 Å². The van der Waals surface area contributed by atoms with E-state index < -0.39 is 5.60 Å². The highest BCUT2D eigenvalue weighted by molar-refractivity contribution is 7.09.